The number of benzene rings is 1. The molecule has 1 saturated carbocycles. The van der Waals surface area contributed by atoms with Gasteiger partial charge in [-0.25, -0.2) is 0 Å². The first-order valence-corrected chi connectivity index (χ1v) is 4.94. The van der Waals surface area contributed by atoms with Gasteiger partial charge in [0.05, 0.1) is 6.10 Å². The second-order valence-electron chi connectivity index (χ2n) is 4.09. The number of hydrogen-bond acceptors (Lipinski definition) is 2. The molecule has 0 aliphatic heterocycles. The maximum Gasteiger partial charge on any atom is 0.0729 e. The molecule has 2 heteroatoms. The highest BCUT2D eigenvalue weighted by atomic mass is 16.5. The second kappa shape index (κ2) is 3.37. The molecule has 0 amide bonds. The zero-order valence-corrected chi connectivity index (χ0v) is 8.60. The molecule has 0 radical (unpaired) electrons. The summed E-state index contributed by atoms with van der Waals surface area (Å²) in [6.45, 7) is 2.35. The summed E-state index contributed by atoms with van der Waals surface area (Å²) in [5.41, 5.74) is 1.26. The van der Waals surface area contributed by atoms with Crippen LogP contribution in [-0.2, 0) is 10.2 Å². The third-order valence-corrected chi connectivity index (χ3v) is 3.46. The summed E-state index contributed by atoms with van der Waals surface area (Å²) in [7, 11) is 1.71. The van der Waals surface area contributed by atoms with E-state index in [-0.39, 0.29) is 24.0 Å². The van der Waals surface area contributed by atoms with Crippen LogP contribution in [0.15, 0.2) is 30.3 Å². The van der Waals surface area contributed by atoms with Gasteiger partial charge in [-0.3, -0.25) is 0 Å². The van der Waals surface area contributed by atoms with Crippen LogP contribution in [0.4, 0.5) is 0 Å². The summed E-state index contributed by atoms with van der Waals surface area (Å²) >= 11 is 0. The predicted octanol–water partition coefficient (Wildman–Crippen LogP) is 1.58. The van der Waals surface area contributed by atoms with Gasteiger partial charge in [0.1, 0.15) is 0 Å². The van der Waals surface area contributed by atoms with Crippen LogP contribution in [0.3, 0.4) is 0 Å². The van der Waals surface area contributed by atoms with Gasteiger partial charge in [-0.15, -0.1) is 0 Å². The zero-order chi connectivity index (χ0) is 10.2. The molecule has 0 unspecified atom stereocenters. The Morgan fingerprint density at radius 2 is 2.00 bits per heavy atom. The molecule has 2 nitrogen and oxygen atoms in total. The van der Waals surface area contributed by atoms with Crippen molar-refractivity contribution in [3.05, 3.63) is 35.9 Å². The summed E-state index contributed by atoms with van der Waals surface area (Å²) in [5.74, 6) is 0.245. The number of ether oxygens (including phenoxy) is 1. The van der Waals surface area contributed by atoms with Crippen molar-refractivity contribution in [2.24, 2.45) is 5.92 Å². The van der Waals surface area contributed by atoms with Crippen molar-refractivity contribution in [3.8, 4) is 0 Å². The van der Waals surface area contributed by atoms with Crippen LogP contribution in [0.5, 0.6) is 0 Å². The topological polar surface area (TPSA) is 29.5 Å². The summed E-state index contributed by atoms with van der Waals surface area (Å²) in [5, 5.41) is 9.22. The smallest absolute Gasteiger partial charge is 0.0729 e. The molecular formula is C12H16O2. The normalized spacial score (nSPS) is 35.6. The van der Waals surface area contributed by atoms with Gasteiger partial charge in [-0.2, -0.15) is 0 Å². The summed E-state index contributed by atoms with van der Waals surface area (Å²) in [6, 6.07) is 10.3. The molecule has 1 aliphatic rings. The van der Waals surface area contributed by atoms with Crippen LogP contribution in [-0.4, -0.2) is 24.9 Å². The molecular weight excluding hydrogens is 176 g/mol. The van der Waals surface area contributed by atoms with E-state index in [9.17, 15) is 5.11 Å². The van der Waals surface area contributed by atoms with E-state index in [0.717, 1.165) is 0 Å². The molecule has 0 aromatic heterocycles. The lowest BCUT2D eigenvalue weighted by atomic mass is 9.95. The van der Waals surface area contributed by atoms with Gasteiger partial charge in [0.2, 0.25) is 0 Å². The first-order valence-electron chi connectivity index (χ1n) is 4.94. The SMILES string of the molecule is CO[C@@H]1[C@H](CO)[C@]1(C)c1ccccc1. The highest BCUT2D eigenvalue weighted by Gasteiger charge is 2.62. The minimum Gasteiger partial charge on any atom is -0.396 e. The van der Waals surface area contributed by atoms with Crippen molar-refractivity contribution in [2.75, 3.05) is 13.7 Å². The molecule has 1 fully saturated rings. The highest BCUT2D eigenvalue weighted by molar-refractivity contribution is 5.36. The van der Waals surface area contributed by atoms with Gasteiger partial charge in [0.15, 0.2) is 0 Å². The fraction of sp³-hybridized carbons (Fsp3) is 0.500. The van der Waals surface area contributed by atoms with E-state index in [1.807, 2.05) is 18.2 Å². The average molecular weight is 192 g/mol. The fourth-order valence-corrected chi connectivity index (χ4v) is 2.43. The van der Waals surface area contributed by atoms with E-state index in [2.05, 4.69) is 19.1 Å². The van der Waals surface area contributed by atoms with Crippen molar-refractivity contribution >= 4 is 0 Å². The van der Waals surface area contributed by atoms with Gasteiger partial charge in [-0.05, 0) is 5.56 Å². The Morgan fingerprint density at radius 3 is 2.43 bits per heavy atom. The Kier molecular flexibility index (Phi) is 2.33. The van der Waals surface area contributed by atoms with E-state index in [4.69, 9.17) is 4.74 Å². The number of aliphatic hydroxyl groups is 1. The van der Waals surface area contributed by atoms with Crippen molar-refractivity contribution < 1.29 is 9.84 Å². The molecule has 0 heterocycles. The molecule has 3 atom stereocenters. The van der Waals surface area contributed by atoms with E-state index < -0.39 is 0 Å². The minimum absolute atomic E-state index is 0.00472. The number of hydrogen-bond donors (Lipinski definition) is 1. The first kappa shape index (κ1) is 9.69. The Bertz CT molecular complexity index is 297. The highest BCUT2D eigenvalue weighted by Crippen LogP contribution is 2.55. The molecule has 0 bridgehead atoms. The standard InChI is InChI=1S/C12H16O2/c1-12(9-6-4-3-5-7-9)10(8-13)11(12)14-2/h3-7,10-11,13H,8H2,1-2H3/t10-,11+,12-/m0/s1. The quantitative estimate of drug-likeness (QED) is 0.788. The molecule has 0 spiro atoms. The lowest BCUT2D eigenvalue weighted by Gasteiger charge is -2.10. The van der Waals surface area contributed by atoms with Crippen molar-refractivity contribution in [2.45, 2.75) is 18.4 Å². The number of aliphatic hydroxyl groups excluding tert-OH is 1. The van der Waals surface area contributed by atoms with Crippen LogP contribution in [0, 0.1) is 5.92 Å². The van der Waals surface area contributed by atoms with E-state index in [1.165, 1.54) is 5.56 Å². The Morgan fingerprint density at radius 1 is 1.36 bits per heavy atom. The Balaban J connectivity index is 2.27. The van der Waals surface area contributed by atoms with Gasteiger partial charge < -0.3 is 9.84 Å². The molecule has 1 N–H and O–H groups in total. The second-order valence-corrected chi connectivity index (χ2v) is 4.09. The lowest BCUT2D eigenvalue weighted by molar-refractivity contribution is 0.144. The molecule has 2 rings (SSSR count). The van der Waals surface area contributed by atoms with Crippen LogP contribution >= 0.6 is 0 Å². The number of methoxy groups -OCH3 is 1. The third kappa shape index (κ3) is 1.18. The van der Waals surface area contributed by atoms with Gasteiger partial charge in [0.25, 0.3) is 0 Å². The van der Waals surface area contributed by atoms with E-state index in [0.29, 0.717) is 0 Å². The van der Waals surface area contributed by atoms with Gasteiger partial charge in [-0.1, -0.05) is 37.3 Å². The minimum atomic E-state index is 0.00472. The van der Waals surface area contributed by atoms with Crippen LogP contribution < -0.4 is 0 Å². The Labute approximate surface area is 84.5 Å². The maximum absolute atomic E-state index is 9.22. The molecule has 14 heavy (non-hydrogen) atoms. The van der Waals surface area contributed by atoms with Gasteiger partial charge >= 0.3 is 0 Å². The lowest BCUT2D eigenvalue weighted by Crippen LogP contribution is -2.09. The molecule has 76 valence electrons. The fourth-order valence-electron chi connectivity index (χ4n) is 2.43. The average Bonchev–Trinajstić information content (AvgIpc) is 2.85. The monoisotopic (exact) mass is 192 g/mol. The van der Waals surface area contributed by atoms with Crippen molar-refractivity contribution in [3.63, 3.8) is 0 Å². The van der Waals surface area contributed by atoms with Crippen LogP contribution in [0.25, 0.3) is 0 Å². The van der Waals surface area contributed by atoms with Crippen LogP contribution in [0.1, 0.15) is 12.5 Å². The molecule has 1 aromatic rings. The first-order chi connectivity index (χ1) is 6.75. The molecule has 1 aromatic carbocycles. The largest absolute Gasteiger partial charge is 0.396 e. The van der Waals surface area contributed by atoms with Crippen molar-refractivity contribution in [1.29, 1.82) is 0 Å². The zero-order valence-electron chi connectivity index (χ0n) is 8.60. The predicted molar refractivity (Wildman–Crippen MR) is 55.2 cm³/mol. The van der Waals surface area contributed by atoms with Gasteiger partial charge in [0, 0.05) is 25.0 Å². The van der Waals surface area contributed by atoms with E-state index in [1.54, 1.807) is 7.11 Å². The summed E-state index contributed by atoms with van der Waals surface area (Å²) in [4.78, 5) is 0. The van der Waals surface area contributed by atoms with Crippen molar-refractivity contribution in [1.82, 2.24) is 0 Å². The molecule has 1 aliphatic carbocycles. The van der Waals surface area contributed by atoms with E-state index >= 15 is 0 Å². The third-order valence-electron chi connectivity index (χ3n) is 3.46. The maximum atomic E-state index is 9.22. The number of rotatable bonds is 3. The Hall–Kier alpha value is -0.860. The van der Waals surface area contributed by atoms with Crippen LogP contribution in [0.2, 0.25) is 0 Å². The molecule has 0 saturated heterocycles. The summed E-state index contributed by atoms with van der Waals surface area (Å²) < 4.78 is 5.37. The summed E-state index contributed by atoms with van der Waals surface area (Å²) in [6.07, 6.45) is 0.162.